The highest BCUT2D eigenvalue weighted by Gasteiger charge is 2.29. The number of fused-ring (bicyclic) bond motifs is 1. The predicted molar refractivity (Wildman–Crippen MR) is 70.6 cm³/mol. The van der Waals surface area contributed by atoms with E-state index in [0.29, 0.717) is 5.56 Å². The molecule has 86 valence electrons. The average Bonchev–Trinajstić information content (AvgIpc) is 2.95. The van der Waals surface area contributed by atoms with E-state index in [1.165, 1.54) is 5.03 Å². The molecule has 0 bridgehead atoms. The highest BCUT2D eigenvalue weighted by Crippen LogP contribution is 2.45. The molecule has 1 fully saturated rings. The van der Waals surface area contributed by atoms with Crippen LogP contribution in [-0.4, -0.2) is 27.5 Å². The third kappa shape index (κ3) is 2.10. The number of amides is 1. The second-order valence-electron chi connectivity index (χ2n) is 3.59. The number of nitrogens with zero attached hydrogens (tertiary/aromatic N) is 3. The number of hydrogen-bond acceptors (Lipinski definition) is 4. The summed E-state index contributed by atoms with van der Waals surface area (Å²) in [6.45, 7) is 0.925. The summed E-state index contributed by atoms with van der Waals surface area (Å²) in [7, 11) is 3.20. The van der Waals surface area contributed by atoms with Gasteiger partial charge in [-0.15, -0.1) is 0 Å². The van der Waals surface area contributed by atoms with Crippen molar-refractivity contribution in [3.05, 3.63) is 41.2 Å². The molecule has 4 nitrogen and oxygen atoms in total. The molecule has 0 unspecified atom stereocenters. The topological polar surface area (TPSA) is 45.6 Å². The van der Waals surface area contributed by atoms with Crippen LogP contribution >= 0.6 is 21.6 Å². The zero-order valence-corrected chi connectivity index (χ0v) is 10.5. The van der Waals surface area contributed by atoms with E-state index < -0.39 is 0 Å². The fourth-order valence-corrected chi connectivity index (χ4v) is 4.06. The lowest BCUT2D eigenvalue weighted by Gasteiger charge is -2.11. The van der Waals surface area contributed by atoms with Crippen molar-refractivity contribution >= 4 is 32.7 Å². The van der Waals surface area contributed by atoms with Crippen molar-refractivity contribution in [2.45, 2.75) is 6.42 Å². The van der Waals surface area contributed by atoms with E-state index in [0.717, 1.165) is 18.1 Å². The summed E-state index contributed by atoms with van der Waals surface area (Å²) in [5, 5.41) is 1.99. The third-order valence-corrected chi connectivity index (χ3v) is 4.79. The Morgan fingerprint density at radius 1 is 1.47 bits per heavy atom. The maximum absolute atomic E-state index is 11.9. The predicted octanol–water partition coefficient (Wildman–Crippen LogP) is 2.52. The van der Waals surface area contributed by atoms with Crippen molar-refractivity contribution in [2.75, 3.05) is 6.54 Å². The van der Waals surface area contributed by atoms with Crippen LogP contribution < -0.4 is 0 Å². The minimum absolute atomic E-state index is 0.227. The minimum Gasteiger partial charge on any atom is -0.314 e. The van der Waals surface area contributed by atoms with Gasteiger partial charge in [-0.05, 0) is 40.1 Å². The van der Waals surface area contributed by atoms with Crippen molar-refractivity contribution in [1.82, 2.24) is 9.88 Å². The van der Waals surface area contributed by atoms with E-state index in [9.17, 15) is 4.79 Å². The summed E-state index contributed by atoms with van der Waals surface area (Å²) < 4.78 is 0. The van der Waals surface area contributed by atoms with Gasteiger partial charge in [-0.25, -0.2) is 0 Å². The molecule has 1 aromatic rings. The Kier molecular flexibility index (Phi) is 2.90. The molecule has 1 saturated heterocycles. The molecule has 0 spiro atoms. The number of aromatic nitrogens is 1. The molecular weight excluding hydrogens is 254 g/mol. The highest BCUT2D eigenvalue weighted by molar-refractivity contribution is 8.84. The summed E-state index contributed by atoms with van der Waals surface area (Å²) in [6.07, 6.45) is 6.39. The fourth-order valence-electron chi connectivity index (χ4n) is 1.65. The van der Waals surface area contributed by atoms with Gasteiger partial charge >= 0.3 is 0 Å². The van der Waals surface area contributed by atoms with Gasteiger partial charge in [0.1, 0.15) is 0 Å². The molecule has 6 heteroatoms. The lowest BCUT2D eigenvalue weighted by Crippen LogP contribution is -2.20. The van der Waals surface area contributed by atoms with E-state index in [2.05, 4.69) is 21.0 Å². The fraction of sp³-hybridized carbons (Fsp3) is 0.182. The Morgan fingerprint density at radius 3 is 3.24 bits per heavy atom. The van der Waals surface area contributed by atoms with Crippen LogP contribution in [0.4, 0.5) is 0 Å². The lowest BCUT2D eigenvalue weighted by molar-refractivity contribution is 0.100. The first-order valence-corrected chi connectivity index (χ1v) is 7.35. The van der Waals surface area contributed by atoms with E-state index >= 15 is 0 Å². The SMILES string of the molecule is O=C(N=C1SSC2=CCCN21)c1cccnc1. The van der Waals surface area contributed by atoms with Crippen LogP contribution in [0.1, 0.15) is 16.8 Å². The molecule has 3 heterocycles. The van der Waals surface area contributed by atoms with Crippen LogP contribution in [0, 0.1) is 0 Å². The van der Waals surface area contributed by atoms with Crippen LogP contribution in [-0.2, 0) is 0 Å². The van der Waals surface area contributed by atoms with Crippen molar-refractivity contribution in [3.63, 3.8) is 0 Å². The number of carbonyl (C=O) groups excluding carboxylic acids is 1. The molecular formula is C11H9N3OS2. The van der Waals surface area contributed by atoms with Gasteiger partial charge in [0.25, 0.3) is 5.91 Å². The van der Waals surface area contributed by atoms with Crippen molar-refractivity contribution in [2.24, 2.45) is 4.99 Å². The highest BCUT2D eigenvalue weighted by atomic mass is 33.1. The van der Waals surface area contributed by atoms with Crippen molar-refractivity contribution in [3.8, 4) is 0 Å². The van der Waals surface area contributed by atoms with Gasteiger partial charge in [0.05, 0.1) is 10.6 Å². The van der Waals surface area contributed by atoms with Gasteiger partial charge in [0.2, 0.25) is 0 Å². The standard InChI is InChI=1S/C11H9N3OS2/c15-10(8-3-1-5-12-7-8)13-11-14-6-2-4-9(14)16-17-11/h1,3-5,7H,2,6H2. The molecule has 2 aliphatic rings. The Balaban J connectivity index is 1.83. The molecule has 1 amide bonds. The van der Waals surface area contributed by atoms with Gasteiger partial charge in [0.15, 0.2) is 5.17 Å². The second-order valence-corrected chi connectivity index (χ2v) is 5.71. The van der Waals surface area contributed by atoms with Crippen LogP contribution in [0.15, 0.2) is 40.6 Å². The number of carbonyl (C=O) groups is 1. The Labute approximate surface area is 107 Å². The van der Waals surface area contributed by atoms with Gasteiger partial charge in [0, 0.05) is 18.9 Å². The lowest BCUT2D eigenvalue weighted by atomic mass is 10.3. The van der Waals surface area contributed by atoms with Gasteiger partial charge < -0.3 is 4.90 Å². The van der Waals surface area contributed by atoms with Crippen molar-refractivity contribution in [1.29, 1.82) is 0 Å². The zero-order chi connectivity index (χ0) is 11.7. The van der Waals surface area contributed by atoms with Gasteiger partial charge in [-0.2, -0.15) is 4.99 Å². The molecule has 3 rings (SSSR count). The number of amidine groups is 1. The Bertz CT molecular complexity index is 513. The quantitative estimate of drug-likeness (QED) is 0.729. The molecule has 0 aromatic carbocycles. The molecule has 1 aromatic heterocycles. The second kappa shape index (κ2) is 4.54. The Hall–Kier alpha value is -1.27. The first-order valence-electron chi connectivity index (χ1n) is 5.20. The molecule has 0 N–H and O–H groups in total. The molecule has 0 atom stereocenters. The number of aliphatic imine (C=N–C) groups is 1. The van der Waals surface area contributed by atoms with Gasteiger partial charge in [-0.3, -0.25) is 9.78 Å². The summed E-state index contributed by atoms with van der Waals surface area (Å²) in [5.74, 6) is -0.227. The maximum Gasteiger partial charge on any atom is 0.280 e. The summed E-state index contributed by atoms with van der Waals surface area (Å²) >= 11 is 0. The van der Waals surface area contributed by atoms with Crippen molar-refractivity contribution < 1.29 is 4.79 Å². The third-order valence-electron chi connectivity index (χ3n) is 2.48. The van der Waals surface area contributed by atoms with Crippen LogP contribution in [0.25, 0.3) is 0 Å². The summed E-state index contributed by atoms with van der Waals surface area (Å²) in [6, 6.07) is 3.47. The minimum atomic E-state index is -0.227. The zero-order valence-electron chi connectivity index (χ0n) is 8.87. The summed E-state index contributed by atoms with van der Waals surface area (Å²) in [4.78, 5) is 22.1. The van der Waals surface area contributed by atoms with Crippen LogP contribution in [0.5, 0.6) is 0 Å². The van der Waals surface area contributed by atoms with E-state index in [1.54, 1.807) is 46.1 Å². The first-order chi connectivity index (χ1) is 8.34. The largest absolute Gasteiger partial charge is 0.314 e. The molecule has 17 heavy (non-hydrogen) atoms. The Morgan fingerprint density at radius 2 is 2.41 bits per heavy atom. The summed E-state index contributed by atoms with van der Waals surface area (Å²) in [5.41, 5.74) is 0.530. The normalized spacial score (nSPS) is 20.6. The maximum atomic E-state index is 11.9. The number of hydrogen-bond donors (Lipinski definition) is 0. The van der Waals surface area contributed by atoms with Gasteiger partial charge in [-0.1, -0.05) is 6.08 Å². The average molecular weight is 263 g/mol. The smallest absolute Gasteiger partial charge is 0.280 e. The number of rotatable bonds is 1. The monoisotopic (exact) mass is 263 g/mol. The van der Waals surface area contributed by atoms with E-state index in [-0.39, 0.29) is 5.91 Å². The number of pyridine rings is 1. The van der Waals surface area contributed by atoms with E-state index in [1.807, 2.05) is 0 Å². The molecule has 0 aliphatic carbocycles. The molecule has 2 aliphatic heterocycles. The van der Waals surface area contributed by atoms with E-state index in [4.69, 9.17) is 0 Å². The molecule has 0 saturated carbocycles. The first kappa shape index (κ1) is 10.9. The molecule has 0 radical (unpaired) electrons. The van der Waals surface area contributed by atoms with Crippen LogP contribution in [0.3, 0.4) is 0 Å². The van der Waals surface area contributed by atoms with Crippen LogP contribution in [0.2, 0.25) is 0 Å².